The Hall–Kier alpha value is -2.61. The summed E-state index contributed by atoms with van der Waals surface area (Å²) in [6.45, 7) is 1.44. The Kier molecular flexibility index (Phi) is 4.39. The van der Waals surface area contributed by atoms with Crippen molar-refractivity contribution in [3.63, 3.8) is 0 Å². The maximum Gasteiger partial charge on any atom is 0.269 e. The van der Waals surface area contributed by atoms with Crippen molar-refractivity contribution < 1.29 is 14.3 Å². The molecule has 1 aromatic carbocycles. The number of rotatable bonds is 3. The first-order valence-electron chi connectivity index (χ1n) is 7.24. The fourth-order valence-corrected chi connectivity index (χ4v) is 2.73. The van der Waals surface area contributed by atoms with Crippen molar-refractivity contribution in [3.8, 4) is 5.75 Å². The van der Waals surface area contributed by atoms with Crippen molar-refractivity contribution in [1.82, 2.24) is 4.98 Å². The van der Waals surface area contributed by atoms with Gasteiger partial charge in [0.25, 0.3) is 5.91 Å². The van der Waals surface area contributed by atoms with Crippen molar-refractivity contribution in [3.05, 3.63) is 40.9 Å². The second-order valence-corrected chi connectivity index (χ2v) is 6.12. The van der Waals surface area contributed by atoms with Gasteiger partial charge in [-0.25, -0.2) is 4.98 Å². The summed E-state index contributed by atoms with van der Waals surface area (Å²) < 4.78 is 6.25. The van der Waals surface area contributed by atoms with E-state index in [1.165, 1.54) is 4.90 Å². The van der Waals surface area contributed by atoms with E-state index in [9.17, 15) is 9.59 Å². The number of aromatic nitrogens is 1. The Morgan fingerprint density at radius 3 is 2.88 bits per heavy atom. The molecule has 3 N–H and O–H groups in total. The van der Waals surface area contributed by atoms with Gasteiger partial charge in [-0.3, -0.25) is 14.5 Å². The second-order valence-electron chi connectivity index (χ2n) is 5.27. The van der Waals surface area contributed by atoms with Crippen LogP contribution in [0.5, 0.6) is 5.75 Å². The summed E-state index contributed by atoms with van der Waals surface area (Å²) in [6.07, 6.45) is -0.695. The highest BCUT2D eigenvalue weighted by atomic mass is 79.9. The molecule has 2 amide bonds. The van der Waals surface area contributed by atoms with Crippen LogP contribution < -0.4 is 20.7 Å². The average molecular weight is 391 g/mol. The SMILES string of the molecule is CC1Oc2ccc(N)nc2N(CC(=O)Nc2ccccc2Br)C1=O. The van der Waals surface area contributed by atoms with Crippen LogP contribution in [0.4, 0.5) is 17.3 Å². The van der Waals surface area contributed by atoms with E-state index in [1.54, 1.807) is 31.2 Å². The topological polar surface area (TPSA) is 97.6 Å². The van der Waals surface area contributed by atoms with Crippen molar-refractivity contribution in [2.24, 2.45) is 0 Å². The van der Waals surface area contributed by atoms with Crippen LogP contribution in [0.15, 0.2) is 40.9 Å². The van der Waals surface area contributed by atoms with Crippen LogP contribution in [-0.2, 0) is 9.59 Å². The lowest BCUT2D eigenvalue weighted by Crippen LogP contribution is -2.48. The zero-order valence-corrected chi connectivity index (χ0v) is 14.4. The molecular formula is C16H15BrN4O3. The number of ether oxygens (including phenoxy) is 1. The number of amides is 2. The number of fused-ring (bicyclic) bond motifs is 1. The zero-order chi connectivity index (χ0) is 17.3. The molecule has 0 aliphatic carbocycles. The molecule has 1 aliphatic rings. The minimum absolute atomic E-state index is 0.183. The fraction of sp³-hybridized carbons (Fsp3) is 0.188. The molecule has 0 radical (unpaired) electrons. The summed E-state index contributed by atoms with van der Waals surface area (Å²) in [6, 6.07) is 10.4. The van der Waals surface area contributed by atoms with Crippen LogP contribution in [0.1, 0.15) is 6.92 Å². The van der Waals surface area contributed by atoms with Crippen molar-refractivity contribution in [1.29, 1.82) is 0 Å². The van der Waals surface area contributed by atoms with Gasteiger partial charge in [0.15, 0.2) is 17.7 Å². The van der Waals surface area contributed by atoms with E-state index in [-0.39, 0.29) is 30.0 Å². The highest BCUT2D eigenvalue weighted by molar-refractivity contribution is 9.10. The maximum absolute atomic E-state index is 12.4. The average Bonchev–Trinajstić information content (AvgIpc) is 2.55. The number of anilines is 3. The molecule has 0 spiro atoms. The Morgan fingerprint density at radius 1 is 1.38 bits per heavy atom. The van der Waals surface area contributed by atoms with Gasteiger partial charge in [-0.1, -0.05) is 12.1 Å². The summed E-state index contributed by atoms with van der Waals surface area (Å²) >= 11 is 3.36. The van der Waals surface area contributed by atoms with E-state index in [0.717, 1.165) is 4.47 Å². The number of benzene rings is 1. The number of nitrogens with two attached hydrogens (primary N) is 1. The standard InChI is InChI=1S/C16H15BrN4O3/c1-9-16(23)21(15-12(24-9)6-7-13(18)20-15)8-14(22)19-11-5-3-2-4-10(11)17/h2-7,9H,8H2,1H3,(H2,18,20)(H,19,22). The van der Waals surface area contributed by atoms with Crippen LogP contribution in [0.3, 0.4) is 0 Å². The molecule has 0 saturated carbocycles. The predicted octanol–water partition coefficient (Wildman–Crippen LogP) is 2.18. The van der Waals surface area contributed by atoms with Crippen molar-refractivity contribution in [2.45, 2.75) is 13.0 Å². The van der Waals surface area contributed by atoms with E-state index < -0.39 is 6.10 Å². The molecule has 1 unspecified atom stereocenters. The van der Waals surface area contributed by atoms with Gasteiger partial charge in [-0.2, -0.15) is 0 Å². The van der Waals surface area contributed by atoms with Crippen LogP contribution in [-0.4, -0.2) is 29.4 Å². The third kappa shape index (κ3) is 3.18. The molecule has 1 atom stereocenters. The largest absolute Gasteiger partial charge is 0.477 e. The number of nitrogen functional groups attached to an aromatic ring is 1. The number of pyridine rings is 1. The molecule has 1 aliphatic heterocycles. The zero-order valence-electron chi connectivity index (χ0n) is 12.8. The first kappa shape index (κ1) is 16.3. The fourth-order valence-electron chi connectivity index (χ4n) is 2.35. The van der Waals surface area contributed by atoms with Crippen LogP contribution in [0, 0.1) is 0 Å². The number of nitrogens with zero attached hydrogens (tertiary/aromatic N) is 2. The quantitative estimate of drug-likeness (QED) is 0.836. The first-order chi connectivity index (χ1) is 11.5. The third-order valence-electron chi connectivity index (χ3n) is 3.48. The van der Waals surface area contributed by atoms with Crippen molar-refractivity contribution in [2.75, 3.05) is 22.5 Å². The molecule has 1 aromatic heterocycles. The highest BCUT2D eigenvalue weighted by Crippen LogP contribution is 2.32. The number of carbonyl (C=O) groups is 2. The molecule has 2 heterocycles. The van der Waals surface area contributed by atoms with Crippen LogP contribution in [0.25, 0.3) is 0 Å². The summed E-state index contributed by atoms with van der Waals surface area (Å²) in [5.41, 5.74) is 6.31. The summed E-state index contributed by atoms with van der Waals surface area (Å²) in [5, 5.41) is 2.76. The van der Waals surface area contributed by atoms with Gasteiger partial charge in [0.05, 0.1) is 5.69 Å². The first-order valence-corrected chi connectivity index (χ1v) is 8.04. The smallest absolute Gasteiger partial charge is 0.269 e. The van der Waals surface area contributed by atoms with E-state index in [2.05, 4.69) is 26.2 Å². The molecule has 8 heteroatoms. The maximum atomic E-state index is 12.4. The number of carbonyl (C=O) groups excluding carboxylic acids is 2. The van der Waals surface area contributed by atoms with Crippen LogP contribution >= 0.6 is 15.9 Å². The predicted molar refractivity (Wildman–Crippen MR) is 93.9 cm³/mol. The van der Waals surface area contributed by atoms with E-state index >= 15 is 0 Å². The Bertz CT molecular complexity index is 812. The Balaban J connectivity index is 1.83. The lowest BCUT2D eigenvalue weighted by atomic mass is 10.2. The van der Waals surface area contributed by atoms with Gasteiger partial charge < -0.3 is 15.8 Å². The normalized spacial score (nSPS) is 16.3. The summed E-state index contributed by atoms with van der Waals surface area (Å²) in [5.74, 6) is 0.226. The lowest BCUT2D eigenvalue weighted by Gasteiger charge is -2.31. The van der Waals surface area contributed by atoms with E-state index in [1.807, 2.05) is 12.1 Å². The van der Waals surface area contributed by atoms with E-state index in [0.29, 0.717) is 11.4 Å². The highest BCUT2D eigenvalue weighted by Gasteiger charge is 2.34. The van der Waals surface area contributed by atoms with Gasteiger partial charge >= 0.3 is 0 Å². The summed E-state index contributed by atoms with van der Waals surface area (Å²) in [4.78, 5) is 30.1. The monoisotopic (exact) mass is 390 g/mol. The lowest BCUT2D eigenvalue weighted by molar-refractivity contribution is -0.127. The summed E-state index contributed by atoms with van der Waals surface area (Å²) in [7, 11) is 0. The number of hydrogen-bond acceptors (Lipinski definition) is 5. The molecule has 2 aromatic rings. The molecule has 0 bridgehead atoms. The molecule has 0 saturated heterocycles. The number of nitrogens with one attached hydrogen (secondary N) is 1. The van der Waals surface area contributed by atoms with E-state index in [4.69, 9.17) is 10.5 Å². The second kappa shape index (κ2) is 6.48. The van der Waals surface area contributed by atoms with Crippen molar-refractivity contribution >= 4 is 45.1 Å². The molecule has 3 rings (SSSR count). The molecular weight excluding hydrogens is 376 g/mol. The van der Waals surface area contributed by atoms with Gasteiger partial charge in [0, 0.05) is 4.47 Å². The van der Waals surface area contributed by atoms with Gasteiger partial charge in [-0.15, -0.1) is 0 Å². The number of hydrogen-bond donors (Lipinski definition) is 2. The van der Waals surface area contributed by atoms with Gasteiger partial charge in [-0.05, 0) is 47.1 Å². The minimum atomic E-state index is -0.695. The number of halogens is 1. The Morgan fingerprint density at radius 2 is 2.12 bits per heavy atom. The third-order valence-corrected chi connectivity index (χ3v) is 4.18. The minimum Gasteiger partial charge on any atom is -0.477 e. The number of para-hydroxylation sites is 1. The molecule has 7 nitrogen and oxygen atoms in total. The molecule has 0 fully saturated rings. The van der Waals surface area contributed by atoms with Gasteiger partial charge in [0.2, 0.25) is 5.91 Å². The molecule has 24 heavy (non-hydrogen) atoms. The van der Waals surface area contributed by atoms with Crippen LogP contribution in [0.2, 0.25) is 0 Å². The molecule has 124 valence electrons. The Labute approximate surface area is 146 Å². The van der Waals surface area contributed by atoms with Gasteiger partial charge in [0.1, 0.15) is 12.4 Å².